The van der Waals surface area contributed by atoms with Crippen molar-refractivity contribution >= 4 is 23.7 Å². The van der Waals surface area contributed by atoms with E-state index in [1.807, 2.05) is 30.3 Å². The van der Waals surface area contributed by atoms with Crippen LogP contribution in [0.15, 0.2) is 54.6 Å². The van der Waals surface area contributed by atoms with E-state index in [-0.39, 0.29) is 12.2 Å². The highest BCUT2D eigenvalue weighted by molar-refractivity contribution is 5.96. The largest absolute Gasteiger partial charge is 0.478 e. The fourth-order valence-electron chi connectivity index (χ4n) is 1.95. The van der Waals surface area contributed by atoms with Gasteiger partial charge in [-0.1, -0.05) is 30.3 Å². The lowest BCUT2D eigenvalue weighted by Gasteiger charge is -2.14. The minimum Gasteiger partial charge on any atom is -0.478 e. The van der Waals surface area contributed by atoms with Crippen molar-refractivity contribution in [3.63, 3.8) is 0 Å². The molecule has 0 fully saturated rings. The summed E-state index contributed by atoms with van der Waals surface area (Å²) < 4.78 is 5.05. The number of carboxylic acid groups (broad SMARTS) is 1. The van der Waals surface area contributed by atoms with Crippen molar-refractivity contribution < 1.29 is 24.2 Å². The highest BCUT2D eigenvalue weighted by Crippen LogP contribution is 2.10. The third kappa shape index (κ3) is 5.65. The lowest BCUT2D eigenvalue weighted by molar-refractivity contribution is -0.117. The van der Waals surface area contributed by atoms with E-state index in [1.54, 1.807) is 0 Å². The van der Waals surface area contributed by atoms with E-state index in [0.717, 1.165) is 5.56 Å². The Balaban J connectivity index is 1.81. The molecule has 7 heteroatoms. The molecule has 0 radical (unpaired) electrons. The summed E-state index contributed by atoms with van der Waals surface area (Å²) in [4.78, 5) is 34.5. The Morgan fingerprint density at radius 3 is 2.28 bits per heavy atom. The lowest BCUT2D eigenvalue weighted by Crippen LogP contribution is -2.41. The van der Waals surface area contributed by atoms with Gasteiger partial charge in [0.15, 0.2) is 0 Å². The quantitative estimate of drug-likeness (QED) is 0.748. The van der Waals surface area contributed by atoms with Gasteiger partial charge in [0.1, 0.15) is 12.6 Å². The Morgan fingerprint density at radius 2 is 1.68 bits per heavy atom. The molecule has 7 nitrogen and oxygen atoms in total. The van der Waals surface area contributed by atoms with Crippen LogP contribution >= 0.6 is 0 Å². The zero-order chi connectivity index (χ0) is 18.2. The molecule has 3 N–H and O–H groups in total. The number of amides is 2. The number of carbonyl (C=O) groups excluding carboxylic acids is 2. The second-order valence-corrected chi connectivity index (χ2v) is 5.30. The summed E-state index contributed by atoms with van der Waals surface area (Å²) in [5.41, 5.74) is 1.39. The molecule has 0 spiro atoms. The Morgan fingerprint density at radius 1 is 1.04 bits per heavy atom. The molecule has 0 saturated heterocycles. The van der Waals surface area contributed by atoms with Crippen molar-refractivity contribution in [1.29, 1.82) is 0 Å². The topological polar surface area (TPSA) is 105 Å². The predicted molar refractivity (Wildman–Crippen MR) is 91.3 cm³/mol. The van der Waals surface area contributed by atoms with Crippen LogP contribution in [0, 0.1) is 0 Å². The number of carboxylic acids is 1. The molecule has 0 aromatic heterocycles. The number of aromatic carboxylic acids is 1. The Hall–Kier alpha value is -3.35. The van der Waals surface area contributed by atoms with Crippen molar-refractivity contribution in [2.24, 2.45) is 0 Å². The molecule has 25 heavy (non-hydrogen) atoms. The zero-order valence-corrected chi connectivity index (χ0v) is 13.6. The van der Waals surface area contributed by atoms with Gasteiger partial charge in [-0.25, -0.2) is 9.59 Å². The van der Waals surface area contributed by atoms with Crippen LogP contribution in [0.2, 0.25) is 0 Å². The first-order valence-corrected chi connectivity index (χ1v) is 7.57. The Labute approximate surface area is 144 Å². The molecule has 2 aromatic rings. The van der Waals surface area contributed by atoms with E-state index in [9.17, 15) is 14.4 Å². The predicted octanol–water partition coefficient (Wildman–Crippen LogP) is 2.64. The summed E-state index contributed by atoms with van der Waals surface area (Å²) in [6.45, 7) is 1.63. The summed E-state index contributed by atoms with van der Waals surface area (Å²) >= 11 is 0. The fourth-order valence-corrected chi connectivity index (χ4v) is 1.95. The Kier molecular flexibility index (Phi) is 6.11. The number of benzene rings is 2. The van der Waals surface area contributed by atoms with Gasteiger partial charge in [-0.3, -0.25) is 4.79 Å². The third-order valence-electron chi connectivity index (χ3n) is 3.34. The number of carbonyl (C=O) groups is 3. The van der Waals surface area contributed by atoms with Crippen LogP contribution in [0.25, 0.3) is 0 Å². The van der Waals surface area contributed by atoms with E-state index < -0.39 is 24.0 Å². The van der Waals surface area contributed by atoms with Crippen LogP contribution in [0.3, 0.4) is 0 Å². The molecule has 2 amide bonds. The van der Waals surface area contributed by atoms with Crippen LogP contribution in [0.5, 0.6) is 0 Å². The van der Waals surface area contributed by atoms with Gasteiger partial charge in [0.25, 0.3) is 0 Å². The molecule has 0 bridgehead atoms. The van der Waals surface area contributed by atoms with Crippen molar-refractivity contribution in [3.05, 3.63) is 65.7 Å². The first-order valence-electron chi connectivity index (χ1n) is 7.57. The number of anilines is 1. The van der Waals surface area contributed by atoms with E-state index in [4.69, 9.17) is 9.84 Å². The van der Waals surface area contributed by atoms with Crippen molar-refractivity contribution in [3.8, 4) is 0 Å². The molecule has 0 saturated carbocycles. The number of hydrogen-bond acceptors (Lipinski definition) is 4. The number of nitrogens with one attached hydrogen (secondary N) is 2. The standard InChI is InChI=1S/C18H18N2O5/c1-12(19-18(24)25-11-13-5-3-2-4-6-13)16(21)20-15-9-7-14(8-10-15)17(22)23/h2-10,12H,11H2,1H3,(H,19,24)(H,20,21)(H,22,23). The van der Waals surface area contributed by atoms with Gasteiger partial charge < -0.3 is 20.5 Å². The molecule has 0 aliphatic heterocycles. The van der Waals surface area contributed by atoms with E-state index >= 15 is 0 Å². The van der Waals surface area contributed by atoms with Gasteiger partial charge in [0.05, 0.1) is 5.56 Å². The zero-order valence-electron chi connectivity index (χ0n) is 13.6. The molecule has 2 rings (SSSR count). The summed E-state index contributed by atoms with van der Waals surface area (Å²) in [7, 11) is 0. The number of rotatable bonds is 6. The summed E-state index contributed by atoms with van der Waals surface area (Å²) in [5.74, 6) is -1.49. The fraction of sp³-hybridized carbons (Fsp3) is 0.167. The molecular weight excluding hydrogens is 324 g/mol. The molecule has 1 unspecified atom stereocenters. The van der Waals surface area contributed by atoms with Gasteiger partial charge in [-0.2, -0.15) is 0 Å². The molecule has 1 atom stereocenters. The summed E-state index contributed by atoms with van der Waals surface area (Å²) in [6, 6.07) is 14.1. The first-order chi connectivity index (χ1) is 12.0. The average Bonchev–Trinajstić information content (AvgIpc) is 2.61. The molecule has 0 aliphatic carbocycles. The number of ether oxygens (including phenoxy) is 1. The minimum absolute atomic E-state index is 0.109. The maximum atomic E-state index is 12.0. The molecule has 0 aliphatic rings. The van der Waals surface area contributed by atoms with Crippen molar-refractivity contribution in [1.82, 2.24) is 5.32 Å². The third-order valence-corrected chi connectivity index (χ3v) is 3.34. The maximum Gasteiger partial charge on any atom is 0.408 e. The van der Waals surface area contributed by atoms with Crippen LogP contribution in [-0.2, 0) is 16.1 Å². The van der Waals surface area contributed by atoms with Crippen molar-refractivity contribution in [2.75, 3.05) is 5.32 Å². The highest BCUT2D eigenvalue weighted by Gasteiger charge is 2.16. The molecule has 130 valence electrons. The average molecular weight is 342 g/mol. The second-order valence-electron chi connectivity index (χ2n) is 5.30. The number of hydrogen-bond donors (Lipinski definition) is 3. The van der Waals surface area contributed by atoms with E-state index in [0.29, 0.717) is 5.69 Å². The van der Waals surface area contributed by atoms with Crippen LogP contribution in [0.4, 0.5) is 10.5 Å². The smallest absolute Gasteiger partial charge is 0.408 e. The van der Waals surface area contributed by atoms with Gasteiger partial charge in [0, 0.05) is 5.69 Å². The summed E-state index contributed by atoms with van der Waals surface area (Å²) in [6.07, 6.45) is -0.701. The second kappa shape index (κ2) is 8.49. The van der Waals surface area contributed by atoms with Crippen LogP contribution < -0.4 is 10.6 Å². The van der Waals surface area contributed by atoms with Crippen LogP contribution in [0.1, 0.15) is 22.8 Å². The maximum absolute atomic E-state index is 12.0. The normalized spacial score (nSPS) is 11.2. The van der Waals surface area contributed by atoms with E-state index in [2.05, 4.69) is 10.6 Å². The van der Waals surface area contributed by atoms with Gasteiger partial charge in [0.2, 0.25) is 5.91 Å². The van der Waals surface area contributed by atoms with Crippen LogP contribution in [-0.4, -0.2) is 29.1 Å². The van der Waals surface area contributed by atoms with Gasteiger partial charge in [-0.15, -0.1) is 0 Å². The first kappa shape index (κ1) is 18.0. The Bertz CT molecular complexity index is 744. The SMILES string of the molecule is CC(NC(=O)OCc1ccccc1)C(=O)Nc1ccc(C(=O)O)cc1. The number of alkyl carbamates (subject to hydrolysis) is 1. The lowest BCUT2D eigenvalue weighted by atomic mass is 10.2. The van der Waals surface area contributed by atoms with Gasteiger partial charge in [-0.05, 0) is 36.8 Å². The van der Waals surface area contributed by atoms with Gasteiger partial charge >= 0.3 is 12.1 Å². The van der Waals surface area contributed by atoms with Crippen molar-refractivity contribution in [2.45, 2.75) is 19.6 Å². The summed E-state index contributed by atoms with van der Waals surface area (Å²) in [5, 5.41) is 13.8. The highest BCUT2D eigenvalue weighted by atomic mass is 16.5. The monoisotopic (exact) mass is 342 g/mol. The molecule has 0 heterocycles. The molecular formula is C18H18N2O5. The minimum atomic E-state index is -1.05. The molecule has 2 aromatic carbocycles. The van der Waals surface area contributed by atoms with E-state index in [1.165, 1.54) is 31.2 Å².